The van der Waals surface area contributed by atoms with Gasteiger partial charge in [0.25, 0.3) is 0 Å². The number of benzene rings is 2. The topological polar surface area (TPSA) is 18.5 Å². The highest BCUT2D eigenvalue weighted by atomic mass is 79.9. The lowest BCUT2D eigenvalue weighted by atomic mass is 9.96. The first kappa shape index (κ1) is 16.4. The second kappa shape index (κ2) is 6.84. The van der Waals surface area contributed by atoms with Crippen LogP contribution in [0.4, 0.5) is 0 Å². The van der Waals surface area contributed by atoms with E-state index in [1.54, 1.807) is 14.2 Å². The molecule has 2 nitrogen and oxygen atoms in total. The van der Waals surface area contributed by atoms with Crippen molar-refractivity contribution in [2.45, 2.75) is 18.7 Å². The lowest BCUT2D eigenvalue weighted by Gasteiger charge is -2.19. The third-order valence-corrected chi connectivity index (χ3v) is 5.30. The first-order valence-electron chi connectivity index (χ1n) is 6.61. The summed E-state index contributed by atoms with van der Waals surface area (Å²) in [5.41, 5.74) is 4.84. The Balaban J connectivity index is 2.56. The summed E-state index contributed by atoms with van der Waals surface area (Å²) < 4.78 is 11.8. The van der Waals surface area contributed by atoms with Crippen LogP contribution < -0.4 is 9.47 Å². The summed E-state index contributed by atoms with van der Waals surface area (Å²) in [6, 6.07) is 10.3. The van der Waals surface area contributed by atoms with Gasteiger partial charge in [0.05, 0.1) is 23.5 Å². The number of hydrogen-bond donors (Lipinski definition) is 0. The van der Waals surface area contributed by atoms with Crippen LogP contribution in [-0.4, -0.2) is 14.2 Å². The summed E-state index contributed by atoms with van der Waals surface area (Å²) in [6.45, 7) is 4.26. The van der Waals surface area contributed by atoms with Gasteiger partial charge in [-0.3, -0.25) is 0 Å². The van der Waals surface area contributed by atoms with Gasteiger partial charge >= 0.3 is 0 Å². The molecule has 0 saturated heterocycles. The van der Waals surface area contributed by atoms with Gasteiger partial charge in [-0.25, -0.2) is 0 Å². The minimum atomic E-state index is 0.0503. The number of rotatable bonds is 4. The Morgan fingerprint density at radius 3 is 2.24 bits per heavy atom. The van der Waals surface area contributed by atoms with E-state index in [0.29, 0.717) is 0 Å². The molecule has 0 amide bonds. The largest absolute Gasteiger partial charge is 0.496 e. The average Bonchev–Trinajstić information content (AvgIpc) is 2.49. The number of ether oxygens (including phenoxy) is 2. The molecule has 1 atom stereocenters. The molecule has 0 aliphatic rings. The molecular weight excluding hydrogens is 396 g/mol. The summed E-state index contributed by atoms with van der Waals surface area (Å²) in [5, 5.41) is 0. The zero-order valence-electron chi connectivity index (χ0n) is 12.5. The van der Waals surface area contributed by atoms with Crippen molar-refractivity contribution >= 4 is 31.9 Å². The molecule has 0 aliphatic carbocycles. The van der Waals surface area contributed by atoms with Crippen molar-refractivity contribution in [2.75, 3.05) is 14.2 Å². The van der Waals surface area contributed by atoms with E-state index in [0.717, 1.165) is 21.5 Å². The van der Waals surface area contributed by atoms with Crippen molar-refractivity contribution in [3.05, 3.63) is 57.1 Å². The maximum absolute atomic E-state index is 5.52. The molecule has 2 aromatic rings. The first-order valence-corrected chi connectivity index (χ1v) is 8.32. The van der Waals surface area contributed by atoms with Gasteiger partial charge in [-0.2, -0.15) is 0 Å². The fourth-order valence-electron chi connectivity index (χ4n) is 2.30. The van der Waals surface area contributed by atoms with Gasteiger partial charge in [0, 0.05) is 5.56 Å². The molecule has 112 valence electrons. The summed E-state index contributed by atoms with van der Waals surface area (Å²) >= 11 is 7.30. The first-order chi connectivity index (χ1) is 9.99. The third kappa shape index (κ3) is 3.27. The molecule has 4 heteroatoms. The van der Waals surface area contributed by atoms with Crippen molar-refractivity contribution in [2.24, 2.45) is 0 Å². The van der Waals surface area contributed by atoms with Crippen LogP contribution >= 0.6 is 31.9 Å². The van der Waals surface area contributed by atoms with E-state index in [1.807, 2.05) is 12.1 Å². The van der Waals surface area contributed by atoms with E-state index in [1.165, 1.54) is 16.7 Å². The monoisotopic (exact) mass is 412 g/mol. The summed E-state index contributed by atoms with van der Waals surface area (Å²) in [5.74, 6) is 1.62. The van der Waals surface area contributed by atoms with E-state index >= 15 is 0 Å². The SMILES string of the molecule is COc1cc(C(Br)c2cccc(C)c2C)c(OC)cc1Br. The molecule has 1 unspecified atom stereocenters. The third-order valence-electron chi connectivity index (χ3n) is 3.70. The molecule has 0 N–H and O–H groups in total. The van der Waals surface area contributed by atoms with Gasteiger partial charge in [0.2, 0.25) is 0 Å². The molecule has 0 heterocycles. The number of hydrogen-bond acceptors (Lipinski definition) is 2. The molecule has 21 heavy (non-hydrogen) atoms. The molecular formula is C17H18Br2O2. The Morgan fingerprint density at radius 2 is 1.62 bits per heavy atom. The van der Waals surface area contributed by atoms with Crippen molar-refractivity contribution in [1.82, 2.24) is 0 Å². The smallest absolute Gasteiger partial charge is 0.133 e. The van der Waals surface area contributed by atoms with E-state index in [2.05, 4.69) is 63.9 Å². The molecule has 2 rings (SSSR count). The van der Waals surface area contributed by atoms with Crippen LogP contribution in [0, 0.1) is 13.8 Å². The van der Waals surface area contributed by atoms with Crippen molar-refractivity contribution in [1.29, 1.82) is 0 Å². The van der Waals surface area contributed by atoms with Crippen molar-refractivity contribution < 1.29 is 9.47 Å². The summed E-state index contributed by atoms with van der Waals surface area (Å²) in [4.78, 5) is 0.0503. The quantitative estimate of drug-likeness (QED) is 0.610. The second-order valence-electron chi connectivity index (χ2n) is 4.88. The molecule has 0 fully saturated rings. The number of alkyl halides is 1. The Hall–Kier alpha value is -1.00. The second-order valence-corrected chi connectivity index (χ2v) is 6.65. The Kier molecular flexibility index (Phi) is 5.33. The summed E-state index contributed by atoms with van der Waals surface area (Å²) in [6.07, 6.45) is 0. The van der Waals surface area contributed by atoms with Crippen LogP contribution in [0.2, 0.25) is 0 Å². The van der Waals surface area contributed by atoms with Crippen LogP contribution in [0.1, 0.15) is 27.1 Å². The Bertz CT molecular complexity index is 653. The van der Waals surface area contributed by atoms with Gasteiger partial charge in [0.15, 0.2) is 0 Å². The molecule has 0 bridgehead atoms. The van der Waals surface area contributed by atoms with E-state index in [4.69, 9.17) is 9.47 Å². The van der Waals surface area contributed by atoms with Crippen LogP contribution in [0.5, 0.6) is 11.5 Å². The Labute approximate surface area is 142 Å². The maximum atomic E-state index is 5.52. The lowest BCUT2D eigenvalue weighted by Crippen LogP contribution is -2.01. The van der Waals surface area contributed by atoms with Crippen molar-refractivity contribution in [3.8, 4) is 11.5 Å². The zero-order valence-corrected chi connectivity index (χ0v) is 15.7. The highest BCUT2D eigenvalue weighted by Crippen LogP contribution is 2.42. The van der Waals surface area contributed by atoms with Crippen LogP contribution in [0.15, 0.2) is 34.8 Å². The van der Waals surface area contributed by atoms with Crippen LogP contribution in [0.25, 0.3) is 0 Å². The fraction of sp³-hybridized carbons (Fsp3) is 0.294. The van der Waals surface area contributed by atoms with Gasteiger partial charge in [-0.05, 0) is 58.6 Å². The number of halogens is 2. The van der Waals surface area contributed by atoms with Gasteiger partial charge < -0.3 is 9.47 Å². The predicted octanol–water partition coefficient (Wildman–Crippen LogP) is 5.57. The highest BCUT2D eigenvalue weighted by Gasteiger charge is 2.20. The molecule has 0 aliphatic heterocycles. The number of aryl methyl sites for hydroxylation is 1. The standard InChI is InChI=1S/C17H18Br2O2/c1-10-6-5-7-12(11(10)2)17(19)13-8-16(21-4)14(18)9-15(13)20-3/h5-9,17H,1-4H3. The molecule has 0 spiro atoms. The van der Waals surface area contributed by atoms with Gasteiger partial charge in [-0.15, -0.1) is 0 Å². The molecule has 0 radical (unpaired) electrons. The molecule has 2 aromatic carbocycles. The van der Waals surface area contributed by atoms with Crippen molar-refractivity contribution in [3.63, 3.8) is 0 Å². The number of methoxy groups -OCH3 is 2. The fourth-order valence-corrected chi connectivity index (χ4v) is 3.64. The minimum Gasteiger partial charge on any atom is -0.496 e. The van der Waals surface area contributed by atoms with Crippen LogP contribution in [0.3, 0.4) is 0 Å². The predicted molar refractivity (Wildman–Crippen MR) is 93.9 cm³/mol. The highest BCUT2D eigenvalue weighted by molar-refractivity contribution is 9.10. The molecule has 0 saturated carbocycles. The van der Waals surface area contributed by atoms with Gasteiger partial charge in [-0.1, -0.05) is 34.1 Å². The zero-order chi connectivity index (χ0) is 15.6. The summed E-state index contributed by atoms with van der Waals surface area (Å²) in [7, 11) is 3.35. The average molecular weight is 414 g/mol. The van der Waals surface area contributed by atoms with Gasteiger partial charge in [0.1, 0.15) is 11.5 Å². The van der Waals surface area contributed by atoms with E-state index < -0.39 is 0 Å². The molecule has 0 aromatic heterocycles. The van der Waals surface area contributed by atoms with E-state index in [-0.39, 0.29) is 4.83 Å². The maximum Gasteiger partial charge on any atom is 0.133 e. The lowest BCUT2D eigenvalue weighted by molar-refractivity contribution is 0.397. The van der Waals surface area contributed by atoms with Crippen LogP contribution in [-0.2, 0) is 0 Å². The normalized spacial score (nSPS) is 12.1. The Morgan fingerprint density at radius 1 is 0.952 bits per heavy atom. The minimum absolute atomic E-state index is 0.0503. The van der Waals surface area contributed by atoms with E-state index in [9.17, 15) is 0 Å².